The number of nitrogens with zero attached hydrogens (tertiary/aromatic N) is 1. The van der Waals surface area contributed by atoms with Crippen molar-refractivity contribution in [3.63, 3.8) is 0 Å². The number of anilines is 1. The maximum atomic E-state index is 9.06. The average molecular weight is 220 g/mol. The maximum absolute atomic E-state index is 9.06. The zero-order valence-corrected chi connectivity index (χ0v) is 9.82. The molecule has 0 bridgehead atoms. The SMILES string of the molecule is CC(CO)CN1CCc2cccc(N)c2C1. The summed E-state index contributed by atoms with van der Waals surface area (Å²) in [7, 11) is 0. The summed E-state index contributed by atoms with van der Waals surface area (Å²) in [5.41, 5.74) is 9.55. The Labute approximate surface area is 96.9 Å². The molecule has 0 aliphatic carbocycles. The van der Waals surface area contributed by atoms with Gasteiger partial charge in [0.2, 0.25) is 0 Å². The predicted molar refractivity (Wildman–Crippen MR) is 66.1 cm³/mol. The number of fused-ring (bicyclic) bond motifs is 1. The number of hydrogen-bond donors (Lipinski definition) is 2. The molecule has 16 heavy (non-hydrogen) atoms. The van der Waals surface area contributed by atoms with E-state index in [9.17, 15) is 0 Å². The summed E-state index contributed by atoms with van der Waals surface area (Å²) < 4.78 is 0. The highest BCUT2D eigenvalue weighted by molar-refractivity contribution is 5.51. The van der Waals surface area contributed by atoms with Crippen LogP contribution in [0.25, 0.3) is 0 Å². The number of nitrogen functional groups attached to an aromatic ring is 1. The van der Waals surface area contributed by atoms with E-state index < -0.39 is 0 Å². The molecule has 1 aromatic rings. The summed E-state index contributed by atoms with van der Waals surface area (Å²) in [4.78, 5) is 2.37. The lowest BCUT2D eigenvalue weighted by atomic mass is 9.97. The second-order valence-electron chi connectivity index (χ2n) is 4.76. The van der Waals surface area contributed by atoms with Crippen molar-refractivity contribution in [1.82, 2.24) is 4.90 Å². The minimum absolute atomic E-state index is 0.258. The molecule has 1 aromatic carbocycles. The molecule has 0 amide bonds. The molecule has 3 heteroatoms. The van der Waals surface area contributed by atoms with Gasteiger partial charge < -0.3 is 10.8 Å². The second kappa shape index (κ2) is 4.85. The van der Waals surface area contributed by atoms with Gasteiger partial charge in [0, 0.05) is 31.9 Å². The van der Waals surface area contributed by atoms with Gasteiger partial charge in [0.05, 0.1) is 0 Å². The Morgan fingerprint density at radius 2 is 2.31 bits per heavy atom. The molecule has 0 radical (unpaired) electrons. The van der Waals surface area contributed by atoms with Gasteiger partial charge in [-0.05, 0) is 29.5 Å². The highest BCUT2D eigenvalue weighted by atomic mass is 16.3. The van der Waals surface area contributed by atoms with Crippen LogP contribution in [0.3, 0.4) is 0 Å². The minimum atomic E-state index is 0.258. The summed E-state index contributed by atoms with van der Waals surface area (Å²) in [6, 6.07) is 6.16. The highest BCUT2D eigenvalue weighted by Gasteiger charge is 2.18. The van der Waals surface area contributed by atoms with Crippen LogP contribution in [0.4, 0.5) is 5.69 Å². The maximum Gasteiger partial charge on any atom is 0.0468 e. The molecule has 0 spiro atoms. The van der Waals surface area contributed by atoms with Crippen LogP contribution in [0.15, 0.2) is 18.2 Å². The van der Waals surface area contributed by atoms with Crippen molar-refractivity contribution in [2.45, 2.75) is 19.9 Å². The first kappa shape index (κ1) is 11.4. The van der Waals surface area contributed by atoms with Crippen molar-refractivity contribution in [3.8, 4) is 0 Å². The predicted octanol–water partition coefficient (Wildman–Crippen LogP) is 1.26. The van der Waals surface area contributed by atoms with Gasteiger partial charge in [0.25, 0.3) is 0 Å². The van der Waals surface area contributed by atoms with Crippen LogP contribution < -0.4 is 5.73 Å². The van der Waals surface area contributed by atoms with E-state index in [-0.39, 0.29) is 6.61 Å². The number of benzene rings is 1. The lowest BCUT2D eigenvalue weighted by Crippen LogP contribution is -2.35. The molecule has 0 aromatic heterocycles. The number of nitrogens with two attached hydrogens (primary N) is 1. The third kappa shape index (κ3) is 2.36. The van der Waals surface area contributed by atoms with Crippen molar-refractivity contribution < 1.29 is 5.11 Å². The van der Waals surface area contributed by atoms with E-state index in [1.807, 2.05) is 12.1 Å². The summed E-state index contributed by atoms with van der Waals surface area (Å²) in [5.74, 6) is 0.339. The van der Waals surface area contributed by atoms with E-state index in [4.69, 9.17) is 10.8 Å². The standard InChI is InChI=1S/C13H20N2O/c1-10(9-16)7-15-6-5-11-3-2-4-13(14)12(11)8-15/h2-4,10,16H,5-9,14H2,1H3. The van der Waals surface area contributed by atoms with Crippen LogP contribution in [0.2, 0.25) is 0 Å². The first-order chi connectivity index (χ1) is 7.70. The van der Waals surface area contributed by atoms with Crippen molar-refractivity contribution in [2.24, 2.45) is 5.92 Å². The van der Waals surface area contributed by atoms with E-state index >= 15 is 0 Å². The van der Waals surface area contributed by atoms with Crippen molar-refractivity contribution in [2.75, 3.05) is 25.4 Å². The quantitative estimate of drug-likeness (QED) is 0.754. The lowest BCUT2D eigenvalue weighted by Gasteiger charge is -2.31. The van der Waals surface area contributed by atoms with Gasteiger partial charge in [-0.25, -0.2) is 0 Å². The third-order valence-electron chi connectivity index (χ3n) is 3.27. The minimum Gasteiger partial charge on any atom is -0.398 e. The third-order valence-corrected chi connectivity index (χ3v) is 3.27. The molecule has 3 N–H and O–H groups in total. The van der Waals surface area contributed by atoms with Crippen molar-refractivity contribution >= 4 is 5.69 Å². The summed E-state index contributed by atoms with van der Waals surface area (Å²) >= 11 is 0. The molecule has 1 aliphatic rings. The van der Waals surface area contributed by atoms with Crippen LogP contribution in [-0.2, 0) is 13.0 Å². The van der Waals surface area contributed by atoms with Crippen LogP contribution in [0.5, 0.6) is 0 Å². The number of aliphatic hydroxyl groups excluding tert-OH is 1. The Morgan fingerprint density at radius 1 is 1.50 bits per heavy atom. The second-order valence-corrected chi connectivity index (χ2v) is 4.76. The first-order valence-corrected chi connectivity index (χ1v) is 5.90. The van der Waals surface area contributed by atoms with E-state index in [0.717, 1.165) is 31.7 Å². The van der Waals surface area contributed by atoms with E-state index in [1.165, 1.54) is 11.1 Å². The van der Waals surface area contributed by atoms with E-state index in [0.29, 0.717) is 5.92 Å². The van der Waals surface area contributed by atoms with Gasteiger partial charge in [0.1, 0.15) is 0 Å². The Morgan fingerprint density at radius 3 is 3.06 bits per heavy atom. The van der Waals surface area contributed by atoms with E-state index in [2.05, 4.69) is 17.9 Å². The molecule has 1 heterocycles. The Hall–Kier alpha value is -1.06. The smallest absolute Gasteiger partial charge is 0.0468 e. The van der Waals surface area contributed by atoms with Gasteiger partial charge >= 0.3 is 0 Å². The molecule has 0 fully saturated rings. The zero-order valence-electron chi connectivity index (χ0n) is 9.82. The lowest BCUT2D eigenvalue weighted by molar-refractivity contribution is 0.164. The Kier molecular flexibility index (Phi) is 3.46. The molecule has 3 nitrogen and oxygen atoms in total. The zero-order chi connectivity index (χ0) is 11.5. The highest BCUT2D eigenvalue weighted by Crippen LogP contribution is 2.24. The Bertz CT molecular complexity index is 365. The number of rotatable bonds is 3. The first-order valence-electron chi connectivity index (χ1n) is 5.90. The van der Waals surface area contributed by atoms with Crippen LogP contribution in [-0.4, -0.2) is 29.7 Å². The molecule has 1 unspecified atom stereocenters. The molecule has 0 saturated heterocycles. The molecular weight excluding hydrogens is 200 g/mol. The molecule has 0 saturated carbocycles. The van der Waals surface area contributed by atoms with Gasteiger partial charge in [-0.1, -0.05) is 19.1 Å². The van der Waals surface area contributed by atoms with Crippen LogP contribution >= 0.6 is 0 Å². The average Bonchev–Trinajstić information content (AvgIpc) is 2.30. The van der Waals surface area contributed by atoms with Crippen molar-refractivity contribution in [1.29, 1.82) is 0 Å². The molecule has 1 aliphatic heterocycles. The van der Waals surface area contributed by atoms with Crippen LogP contribution in [0, 0.1) is 5.92 Å². The fourth-order valence-electron chi connectivity index (χ4n) is 2.32. The summed E-state index contributed by atoms with van der Waals surface area (Å²) in [5, 5.41) is 9.06. The van der Waals surface area contributed by atoms with Gasteiger partial charge in [0.15, 0.2) is 0 Å². The molecular formula is C13H20N2O. The van der Waals surface area contributed by atoms with Crippen molar-refractivity contribution in [3.05, 3.63) is 29.3 Å². The number of hydrogen-bond acceptors (Lipinski definition) is 3. The number of aliphatic hydroxyl groups is 1. The Balaban J connectivity index is 2.08. The fraction of sp³-hybridized carbons (Fsp3) is 0.538. The van der Waals surface area contributed by atoms with Gasteiger partial charge in [-0.3, -0.25) is 4.90 Å². The monoisotopic (exact) mass is 220 g/mol. The largest absolute Gasteiger partial charge is 0.398 e. The molecule has 1 atom stereocenters. The normalized spacial score (nSPS) is 18.1. The van der Waals surface area contributed by atoms with Gasteiger partial charge in [-0.2, -0.15) is 0 Å². The van der Waals surface area contributed by atoms with E-state index in [1.54, 1.807) is 0 Å². The summed E-state index contributed by atoms with van der Waals surface area (Å²) in [6.07, 6.45) is 1.07. The molecule has 2 rings (SSSR count). The molecule has 88 valence electrons. The topological polar surface area (TPSA) is 49.5 Å². The van der Waals surface area contributed by atoms with Gasteiger partial charge in [-0.15, -0.1) is 0 Å². The van der Waals surface area contributed by atoms with Crippen LogP contribution in [0.1, 0.15) is 18.1 Å². The summed E-state index contributed by atoms with van der Waals surface area (Å²) in [6.45, 7) is 5.27. The fourth-order valence-corrected chi connectivity index (χ4v) is 2.32.